The molecular formula is C25H27B7O3. The van der Waals surface area contributed by atoms with E-state index in [0.29, 0.717) is 44.1 Å². The van der Waals surface area contributed by atoms with Gasteiger partial charge in [-0.2, -0.15) is 5.82 Å². The van der Waals surface area contributed by atoms with Crippen LogP contribution >= 0.6 is 0 Å². The van der Waals surface area contributed by atoms with E-state index in [2.05, 4.69) is 18.7 Å². The molecule has 3 saturated carbocycles. The van der Waals surface area contributed by atoms with Gasteiger partial charge in [-0.05, 0) is 66.8 Å². The fraction of sp³-hybridized carbons (Fsp3) is 0.760. The number of carbonyl (C=O) groups is 2. The van der Waals surface area contributed by atoms with Crippen LogP contribution < -0.4 is 0 Å². The monoisotopic (exact) mass is 452 g/mol. The largest absolute Gasteiger partial charge is 0.445 e. The molecule has 35 heavy (non-hydrogen) atoms. The third kappa shape index (κ3) is 3.72. The van der Waals surface area contributed by atoms with Crippen molar-refractivity contribution in [3.63, 3.8) is 0 Å². The minimum Gasteiger partial charge on any atom is -0.445 e. The molecule has 0 N–H and O–H groups in total. The number of allylic oxidation sites excluding steroid dienone is 1. The van der Waals surface area contributed by atoms with Gasteiger partial charge in [-0.1, -0.05) is 48.9 Å². The van der Waals surface area contributed by atoms with Crippen LogP contribution in [0.5, 0.6) is 0 Å². The summed E-state index contributed by atoms with van der Waals surface area (Å²) in [7, 11) is 44.8. The lowest BCUT2D eigenvalue weighted by Gasteiger charge is -2.66. The Bertz CT molecular complexity index is 1030. The molecule has 166 valence electrons. The molecule has 6 atom stereocenters. The summed E-state index contributed by atoms with van der Waals surface area (Å²) in [5, 5.41) is -4.20. The molecule has 0 amide bonds. The van der Waals surface area contributed by atoms with Crippen molar-refractivity contribution in [3.8, 4) is 11.7 Å². The summed E-state index contributed by atoms with van der Waals surface area (Å²) in [6, 6.07) is 0. The Morgan fingerprint density at radius 3 is 2.31 bits per heavy atom. The van der Waals surface area contributed by atoms with Crippen molar-refractivity contribution < 1.29 is 14.3 Å². The lowest BCUT2D eigenvalue weighted by Crippen LogP contribution is -2.59. The molecule has 0 aromatic heterocycles. The van der Waals surface area contributed by atoms with Crippen molar-refractivity contribution in [2.24, 2.45) is 23.2 Å². The maximum absolute atomic E-state index is 12.8. The van der Waals surface area contributed by atoms with Crippen LogP contribution in [0.3, 0.4) is 0 Å². The Morgan fingerprint density at radius 2 is 1.71 bits per heavy atom. The lowest BCUT2D eigenvalue weighted by atomic mass is 9.25. The first-order valence-electron chi connectivity index (χ1n) is 12.7. The van der Waals surface area contributed by atoms with Gasteiger partial charge in [0.1, 0.15) is 13.6 Å². The molecule has 3 nitrogen and oxygen atoms in total. The van der Waals surface area contributed by atoms with Crippen LogP contribution in [-0.4, -0.2) is 72.3 Å². The third-order valence-electron chi connectivity index (χ3n) is 9.59. The van der Waals surface area contributed by atoms with Crippen molar-refractivity contribution in [2.75, 3.05) is 0 Å². The van der Waals surface area contributed by atoms with Crippen LogP contribution in [0.4, 0.5) is 0 Å². The smallest absolute Gasteiger partial charge is 0.307 e. The van der Waals surface area contributed by atoms with Gasteiger partial charge in [0.05, 0.1) is 39.2 Å². The van der Waals surface area contributed by atoms with Crippen LogP contribution in [0, 0.1) is 34.9 Å². The van der Waals surface area contributed by atoms with Gasteiger partial charge >= 0.3 is 5.97 Å². The second kappa shape index (κ2) is 8.73. The molecule has 0 bridgehead atoms. The lowest BCUT2D eigenvalue weighted by molar-refractivity contribution is -0.173. The maximum atomic E-state index is 12.8. The van der Waals surface area contributed by atoms with Crippen molar-refractivity contribution in [1.82, 2.24) is 0 Å². The van der Waals surface area contributed by atoms with Crippen molar-refractivity contribution in [3.05, 3.63) is 11.0 Å². The third-order valence-corrected chi connectivity index (χ3v) is 9.59. The SMILES string of the molecule is [B]C#C[C@]1(OC(=O)CCC)CCC2C3CC([B])([B])C4=C([B])C(=O)C([B])([B])CC4([B])C3CCC21CC. The number of hydrogen-bond donors (Lipinski definition) is 0. The van der Waals surface area contributed by atoms with E-state index >= 15 is 0 Å². The van der Waals surface area contributed by atoms with Crippen LogP contribution in [0.2, 0.25) is 15.7 Å². The summed E-state index contributed by atoms with van der Waals surface area (Å²) in [6.07, 6.45) is 4.90. The molecule has 4 aliphatic rings. The molecule has 0 aromatic carbocycles. The number of fused-ring (bicyclic) bond motifs is 5. The molecule has 0 heterocycles. The van der Waals surface area contributed by atoms with E-state index in [9.17, 15) is 9.59 Å². The van der Waals surface area contributed by atoms with Gasteiger partial charge in [-0.25, -0.2) is 0 Å². The van der Waals surface area contributed by atoms with E-state index in [4.69, 9.17) is 59.7 Å². The Hall–Kier alpha value is -1.11. The molecule has 5 unspecified atom stereocenters. The second-order valence-corrected chi connectivity index (χ2v) is 11.4. The maximum Gasteiger partial charge on any atom is 0.307 e. The van der Waals surface area contributed by atoms with Crippen LogP contribution in [0.1, 0.15) is 71.6 Å². The van der Waals surface area contributed by atoms with Gasteiger partial charge in [-0.15, -0.1) is 0 Å². The quantitative estimate of drug-likeness (QED) is 0.374. The second-order valence-electron chi connectivity index (χ2n) is 11.4. The molecule has 10 heteroatoms. The summed E-state index contributed by atoms with van der Waals surface area (Å²) in [5.41, 5.74) is -1.14. The number of esters is 1. The fourth-order valence-corrected chi connectivity index (χ4v) is 8.44. The number of ketones is 1. The fourth-order valence-electron chi connectivity index (χ4n) is 8.44. The zero-order chi connectivity index (χ0) is 26.0. The van der Waals surface area contributed by atoms with Gasteiger partial charge in [0.2, 0.25) is 0 Å². The Kier molecular flexibility index (Phi) is 6.72. The topological polar surface area (TPSA) is 43.4 Å². The van der Waals surface area contributed by atoms with E-state index in [1.54, 1.807) is 0 Å². The number of carbonyl (C=O) groups excluding carboxylic acids is 2. The Labute approximate surface area is 219 Å². The summed E-state index contributed by atoms with van der Waals surface area (Å²) in [5.74, 6) is 4.81. The number of ether oxygens (including phenoxy) is 1. The highest BCUT2D eigenvalue weighted by Gasteiger charge is 2.68. The van der Waals surface area contributed by atoms with E-state index in [1.807, 2.05) is 6.92 Å². The van der Waals surface area contributed by atoms with E-state index in [1.165, 1.54) is 0 Å². The van der Waals surface area contributed by atoms with E-state index in [-0.39, 0.29) is 35.6 Å². The normalized spacial score (nSPS) is 41.1. The van der Waals surface area contributed by atoms with Gasteiger partial charge in [-0.3, -0.25) is 9.59 Å². The zero-order valence-electron chi connectivity index (χ0n) is 20.9. The van der Waals surface area contributed by atoms with E-state index < -0.39 is 32.5 Å². The standard InChI is InChI=1S/C25H27B7O3/c1-3-5-17(33)35-22(10-11-26)9-7-15-14-12-24(29,30)19-18(27)20(34)25(31,32)13-23(19,28)16(14)6-8-21(15,22)4-2/h14-16H,3-9,12-13H2,1-2H3/t14?,15?,16?,21?,22-,23?/m1/s1. The van der Waals surface area contributed by atoms with Crippen LogP contribution in [0.15, 0.2) is 11.0 Å². The minimum atomic E-state index is -1.69. The zero-order valence-corrected chi connectivity index (χ0v) is 20.9. The van der Waals surface area contributed by atoms with E-state index in [0.717, 1.165) is 12.8 Å². The van der Waals surface area contributed by atoms with Crippen LogP contribution in [-0.2, 0) is 14.3 Å². The number of Topliss-reactive ketones (excluding diaryl/α,β-unsaturated/α-hetero) is 1. The average Bonchev–Trinajstić information content (AvgIpc) is 3.06. The summed E-state index contributed by atoms with van der Waals surface area (Å²) >= 11 is 0. The predicted molar refractivity (Wildman–Crippen MR) is 143 cm³/mol. The predicted octanol–water partition coefficient (Wildman–Crippen LogP) is 2.06. The molecular weight excluding hydrogens is 424 g/mol. The number of hydrogen-bond acceptors (Lipinski definition) is 3. The Morgan fingerprint density at radius 1 is 1.06 bits per heavy atom. The van der Waals surface area contributed by atoms with Crippen LogP contribution in [0.25, 0.3) is 0 Å². The first kappa shape index (κ1) is 26.9. The molecule has 0 aromatic rings. The van der Waals surface area contributed by atoms with Gasteiger partial charge in [0, 0.05) is 11.8 Å². The molecule has 0 spiro atoms. The molecule has 0 aliphatic heterocycles. The highest BCUT2D eigenvalue weighted by molar-refractivity contribution is 6.59. The highest BCUT2D eigenvalue weighted by Crippen LogP contribution is 2.75. The first-order chi connectivity index (χ1) is 16.2. The van der Waals surface area contributed by atoms with Crippen molar-refractivity contribution in [1.29, 1.82) is 0 Å². The Balaban J connectivity index is 1.82. The van der Waals surface area contributed by atoms with Crippen molar-refractivity contribution >= 4 is 66.7 Å². The average molecular weight is 451 g/mol. The number of rotatable bonds is 4. The molecule has 4 rings (SSSR count). The summed E-state index contributed by atoms with van der Waals surface area (Å²) in [6.45, 7) is 4.04. The highest BCUT2D eigenvalue weighted by atomic mass is 16.6. The summed E-state index contributed by atoms with van der Waals surface area (Å²) in [4.78, 5) is 25.5. The summed E-state index contributed by atoms with van der Waals surface area (Å²) < 4.78 is 6.17. The van der Waals surface area contributed by atoms with Gasteiger partial charge in [0.15, 0.2) is 13.4 Å². The molecule has 14 radical (unpaired) electrons. The molecule has 4 aliphatic carbocycles. The minimum absolute atomic E-state index is 0.0112. The van der Waals surface area contributed by atoms with Crippen molar-refractivity contribution in [2.45, 2.75) is 93.0 Å². The molecule has 0 saturated heterocycles. The molecule has 3 fully saturated rings. The van der Waals surface area contributed by atoms with Gasteiger partial charge < -0.3 is 4.74 Å². The van der Waals surface area contributed by atoms with Gasteiger partial charge in [0.25, 0.3) is 0 Å². The first-order valence-corrected chi connectivity index (χ1v) is 12.7.